The molecule has 2 unspecified atom stereocenters. The minimum Gasteiger partial charge on any atom is -0.317 e. The monoisotopic (exact) mass is 290 g/mol. The zero-order chi connectivity index (χ0) is 15.4. The van der Waals surface area contributed by atoms with Crippen LogP contribution in [0.25, 0.3) is 0 Å². The molecule has 0 aliphatic heterocycles. The largest absolute Gasteiger partial charge is 0.317 e. The van der Waals surface area contributed by atoms with Crippen LogP contribution in [0.2, 0.25) is 0 Å². The highest BCUT2D eigenvalue weighted by Crippen LogP contribution is 2.46. The average molecular weight is 290 g/mol. The third-order valence-corrected chi connectivity index (χ3v) is 5.09. The topological polar surface area (TPSA) is 35.8 Å². The van der Waals surface area contributed by atoms with Gasteiger partial charge in [0.1, 0.15) is 5.41 Å². The second-order valence-electron chi connectivity index (χ2n) is 6.15. The Morgan fingerprint density at radius 2 is 1.50 bits per heavy atom. The molecule has 22 heavy (non-hydrogen) atoms. The van der Waals surface area contributed by atoms with Crippen LogP contribution >= 0.6 is 0 Å². The van der Waals surface area contributed by atoms with Crippen molar-refractivity contribution in [3.63, 3.8) is 0 Å². The third-order valence-electron chi connectivity index (χ3n) is 5.09. The van der Waals surface area contributed by atoms with Gasteiger partial charge in [-0.3, -0.25) is 0 Å². The lowest BCUT2D eigenvalue weighted by molar-refractivity contribution is 0.391. The van der Waals surface area contributed by atoms with Crippen molar-refractivity contribution in [1.29, 1.82) is 5.26 Å². The fourth-order valence-electron chi connectivity index (χ4n) is 3.90. The Morgan fingerprint density at radius 3 is 1.91 bits per heavy atom. The Kier molecular flexibility index (Phi) is 4.27. The van der Waals surface area contributed by atoms with Gasteiger partial charge in [0.2, 0.25) is 0 Å². The molecular formula is C20H22N2. The van der Waals surface area contributed by atoms with Crippen molar-refractivity contribution in [1.82, 2.24) is 5.32 Å². The highest BCUT2D eigenvalue weighted by molar-refractivity contribution is 5.47. The molecule has 1 aliphatic carbocycles. The molecule has 2 heteroatoms. The van der Waals surface area contributed by atoms with E-state index in [0.29, 0.717) is 12.0 Å². The van der Waals surface area contributed by atoms with Crippen molar-refractivity contribution in [2.45, 2.75) is 30.7 Å². The van der Waals surface area contributed by atoms with Gasteiger partial charge in [0.15, 0.2) is 0 Å². The lowest BCUT2D eigenvalue weighted by Crippen LogP contribution is -2.35. The molecule has 0 aromatic heterocycles. The molecule has 0 spiro atoms. The summed E-state index contributed by atoms with van der Waals surface area (Å²) in [6.45, 7) is 0. The first-order valence-electron chi connectivity index (χ1n) is 8.01. The summed E-state index contributed by atoms with van der Waals surface area (Å²) >= 11 is 0. The fourth-order valence-corrected chi connectivity index (χ4v) is 3.90. The molecule has 0 saturated heterocycles. The van der Waals surface area contributed by atoms with E-state index < -0.39 is 5.41 Å². The molecule has 1 aliphatic rings. The summed E-state index contributed by atoms with van der Waals surface area (Å²) in [7, 11) is 2.02. The predicted octanol–water partition coefficient (Wildman–Crippen LogP) is 3.88. The predicted molar refractivity (Wildman–Crippen MR) is 89.5 cm³/mol. The van der Waals surface area contributed by atoms with E-state index in [-0.39, 0.29) is 0 Å². The van der Waals surface area contributed by atoms with Gasteiger partial charge in [-0.15, -0.1) is 0 Å². The van der Waals surface area contributed by atoms with Gasteiger partial charge in [-0.1, -0.05) is 60.7 Å². The van der Waals surface area contributed by atoms with Gasteiger partial charge < -0.3 is 5.32 Å². The molecule has 1 N–H and O–H groups in total. The maximum Gasteiger partial charge on any atom is 0.110 e. The van der Waals surface area contributed by atoms with E-state index >= 15 is 0 Å². The third kappa shape index (κ3) is 2.42. The molecule has 0 radical (unpaired) electrons. The fraction of sp³-hybridized carbons (Fsp3) is 0.350. The average Bonchev–Trinajstić information content (AvgIpc) is 3.08. The summed E-state index contributed by atoms with van der Waals surface area (Å²) in [5.41, 5.74) is 1.68. The number of nitriles is 1. The number of hydrogen-bond acceptors (Lipinski definition) is 2. The second kappa shape index (κ2) is 6.34. The van der Waals surface area contributed by atoms with E-state index in [1.165, 1.54) is 0 Å². The Labute approximate surface area is 132 Å². The maximum atomic E-state index is 10.2. The molecule has 3 rings (SSSR count). The van der Waals surface area contributed by atoms with Crippen LogP contribution in [0, 0.1) is 17.2 Å². The highest BCUT2D eigenvalue weighted by atomic mass is 14.9. The summed E-state index contributed by atoms with van der Waals surface area (Å²) in [5.74, 6) is 0.347. The SMILES string of the molecule is CNC1CCC(C(C#N)(c2ccccc2)c2ccccc2)C1. The van der Waals surface area contributed by atoms with Gasteiger partial charge in [0.25, 0.3) is 0 Å². The minimum absolute atomic E-state index is 0.347. The summed E-state index contributed by atoms with van der Waals surface area (Å²) < 4.78 is 0. The molecule has 2 aromatic carbocycles. The van der Waals surface area contributed by atoms with Crippen LogP contribution in [0.3, 0.4) is 0 Å². The molecular weight excluding hydrogens is 268 g/mol. The second-order valence-corrected chi connectivity index (χ2v) is 6.15. The van der Waals surface area contributed by atoms with Crippen LogP contribution in [-0.4, -0.2) is 13.1 Å². The van der Waals surface area contributed by atoms with Gasteiger partial charge in [-0.05, 0) is 43.4 Å². The molecule has 0 amide bonds. The number of benzene rings is 2. The normalized spacial score (nSPS) is 21.5. The van der Waals surface area contributed by atoms with E-state index in [4.69, 9.17) is 0 Å². The summed E-state index contributed by atoms with van der Waals surface area (Å²) in [5, 5.41) is 13.6. The van der Waals surface area contributed by atoms with Crippen molar-refractivity contribution in [2.24, 2.45) is 5.92 Å². The van der Waals surface area contributed by atoms with Crippen LogP contribution in [0.5, 0.6) is 0 Å². The van der Waals surface area contributed by atoms with Gasteiger partial charge >= 0.3 is 0 Å². The quantitative estimate of drug-likeness (QED) is 0.927. The van der Waals surface area contributed by atoms with Gasteiger partial charge in [0.05, 0.1) is 6.07 Å². The van der Waals surface area contributed by atoms with E-state index in [0.717, 1.165) is 30.4 Å². The smallest absolute Gasteiger partial charge is 0.110 e. The summed E-state index contributed by atoms with van der Waals surface area (Å²) in [6.07, 6.45) is 3.28. The van der Waals surface area contributed by atoms with Crippen LogP contribution in [0.15, 0.2) is 60.7 Å². The summed E-state index contributed by atoms with van der Waals surface area (Å²) in [6, 6.07) is 23.8. The highest BCUT2D eigenvalue weighted by Gasteiger charge is 2.45. The van der Waals surface area contributed by atoms with E-state index in [1.807, 2.05) is 43.4 Å². The van der Waals surface area contributed by atoms with Gasteiger partial charge in [0, 0.05) is 6.04 Å². The molecule has 0 heterocycles. The van der Waals surface area contributed by atoms with Crippen LogP contribution in [-0.2, 0) is 5.41 Å². The molecule has 112 valence electrons. The van der Waals surface area contributed by atoms with Crippen LogP contribution in [0.4, 0.5) is 0 Å². The number of rotatable bonds is 4. The molecule has 1 fully saturated rings. The number of nitrogens with one attached hydrogen (secondary N) is 1. The lowest BCUT2D eigenvalue weighted by atomic mass is 9.66. The molecule has 1 saturated carbocycles. The lowest BCUT2D eigenvalue weighted by Gasteiger charge is -2.34. The van der Waals surface area contributed by atoms with E-state index in [2.05, 4.69) is 35.7 Å². The van der Waals surface area contributed by atoms with Crippen molar-refractivity contribution < 1.29 is 0 Å². The minimum atomic E-state index is -0.547. The Balaban J connectivity index is 2.12. The molecule has 2 nitrogen and oxygen atoms in total. The van der Waals surface area contributed by atoms with Crippen molar-refractivity contribution in [2.75, 3.05) is 7.05 Å². The van der Waals surface area contributed by atoms with Gasteiger partial charge in [-0.2, -0.15) is 5.26 Å². The number of nitrogens with zero attached hydrogens (tertiary/aromatic N) is 1. The molecule has 2 atom stereocenters. The van der Waals surface area contributed by atoms with Crippen LogP contribution in [0.1, 0.15) is 30.4 Å². The number of hydrogen-bond donors (Lipinski definition) is 1. The first kappa shape index (κ1) is 14.8. The summed E-state index contributed by atoms with van der Waals surface area (Å²) in [4.78, 5) is 0. The van der Waals surface area contributed by atoms with Crippen molar-refractivity contribution >= 4 is 0 Å². The molecule has 2 aromatic rings. The van der Waals surface area contributed by atoms with E-state index in [9.17, 15) is 5.26 Å². The van der Waals surface area contributed by atoms with Crippen molar-refractivity contribution in [3.05, 3.63) is 71.8 Å². The zero-order valence-electron chi connectivity index (χ0n) is 13.0. The maximum absolute atomic E-state index is 10.2. The molecule has 0 bridgehead atoms. The first-order valence-corrected chi connectivity index (χ1v) is 8.01. The standard InChI is InChI=1S/C20H22N2/c1-22-19-13-12-18(14-19)20(15-21,16-8-4-2-5-9-16)17-10-6-3-7-11-17/h2-11,18-19,22H,12-14H2,1H3. The van der Waals surface area contributed by atoms with E-state index in [1.54, 1.807) is 0 Å². The van der Waals surface area contributed by atoms with Crippen molar-refractivity contribution in [3.8, 4) is 6.07 Å². The Bertz CT molecular complexity index is 603. The Morgan fingerprint density at radius 1 is 0.955 bits per heavy atom. The zero-order valence-corrected chi connectivity index (χ0v) is 13.0. The van der Waals surface area contributed by atoms with Gasteiger partial charge in [-0.25, -0.2) is 0 Å². The first-order chi connectivity index (χ1) is 10.8. The Hall–Kier alpha value is -2.11. The van der Waals surface area contributed by atoms with Crippen LogP contribution < -0.4 is 5.32 Å².